The summed E-state index contributed by atoms with van der Waals surface area (Å²) in [7, 11) is 0. The van der Waals surface area contributed by atoms with Gasteiger partial charge in [0.05, 0.1) is 0 Å². The summed E-state index contributed by atoms with van der Waals surface area (Å²) in [4.78, 5) is 3.75. The molecular formula is C11H17NS2. The first-order chi connectivity index (χ1) is 6.77. The van der Waals surface area contributed by atoms with Gasteiger partial charge in [0.2, 0.25) is 0 Å². The molecule has 2 rings (SSSR count). The Kier molecular flexibility index (Phi) is 3.63. The van der Waals surface area contributed by atoms with E-state index >= 15 is 0 Å². The highest BCUT2D eigenvalue weighted by Gasteiger charge is 2.20. The Balaban J connectivity index is 1.99. The molecule has 1 aliphatic carbocycles. The number of nitrogens with zero attached hydrogens (tertiary/aromatic N) is 1. The van der Waals surface area contributed by atoms with Gasteiger partial charge in [0.15, 0.2) is 0 Å². The van der Waals surface area contributed by atoms with Crippen LogP contribution in [-0.4, -0.2) is 35.5 Å². The molecule has 0 bridgehead atoms. The summed E-state index contributed by atoms with van der Waals surface area (Å²) < 4.78 is 0. The monoisotopic (exact) mass is 227 g/mol. The van der Waals surface area contributed by atoms with Gasteiger partial charge in [-0.2, -0.15) is 11.8 Å². The van der Waals surface area contributed by atoms with Crippen molar-refractivity contribution in [3.8, 4) is 0 Å². The maximum atomic E-state index is 4.43. The summed E-state index contributed by atoms with van der Waals surface area (Å²) in [6.45, 7) is 4.65. The Morgan fingerprint density at radius 2 is 2.14 bits per heavy atom. The number of rotatable bonds is 1. The van der Waals surface area contributed by atoms with Crippen LogP contribution in [0.5, 0.6) is 0 Å². The standard InChI is InChI=1S/C11H17NS2/c1-9-8-10(2-3-11(9)13)12-4-6-14-7-5-12/h3,8,10,13H,2,4-7H2,1H3. The SMILES string of the molecule is CC1=CC(N2CCSCC2)CC=C1S. The van der Waals surface area contributed by atoms with Crippen molar-refractivity contribution < 1.29 is 0 Å². The van der Waals surface area contributed by atoms with Crippen LogP contribution < -0.4 is 0 Å². The zero-order valence-corrected chi connectivity index (χ0v) is 10.3. The summed E-state index contributed by atoms with van der Waals surface area (Å²) in [5.74, 6) is 2.58. The molecule has 3 heteroatoms. The van der Waals surface area contributed by atoms with E-state index in [0.29, 0.717) is 6.04 Å². The van der Waals surface area contributed by atoms with Gasteiger partial charge in [-0.1, -0.05) is 12.2 Å². The van der Waals surface area contributed by atoms with E-state index in [9.17, 15) is 0 Å². The Bertz CT molecular complexity index is 264. The Morgan fingerprint density at radius 3 is 2.79 bits per heavy atom. The molecule has 0 aromatic carbocycles. The van der Waals surface area contributed by atoms with E-state index in [1.54, 1.807) is 0 Å². The fourth-order valence-corrected chi connectivity index (χ4v) is 3.11. The van der Waals surface area contributed by atoms with Gasteiger partial charge in [0.1, 0.15) is 0 Å². The number of thiol groups is 1. The first-order valence-electron chi connectivity index (χ1n) is 5.17. The fraction of sp³-hybridized carbons (Fsp3) is 0.636. The van der Waals surface area contributed by atoms with E-state index < -0.39 is 0 Å². The predicted molar refractivity (Wildman–Crippen MR) is 68.1 cm³/mol. The molecular weight excluding hydrogens is 210 g/mol. The quantitative estimate of drug-likeness (QED) is 0.686. The molecule has 1 atom stereocenters. The molecule has 78 valence electrons. The average molecular weight is 227 g/mol. The van der Waals surface area contributed by atoms with E-state index in [1.807, 2.05) is 0 Å². The van der Waals surface area contributed by atoms with Crippen LogP contribution in [0.4, 0.5) is 0 Å². The van der Waals surface area contributed by atoms with Crippen molar-refractivity contribution in [1.29, 1.82) is 0 Å². The molecule has 1 saturated heterocycles. The van der Waals surface area contributed by atoms with Gasteiger partial charge in [-0.05, 0) is 18.9 Å². The highest BCUT2D eigenvalue weighted by Crippen LogP contribution is 2.25. The third kappa shape index (κ3) is 2.38. The molecule has 1 fully saturated rings. The highest BCUT2D eigenvalue weighted by molar-refractivity contribution is 7.99. The molecule has 2 aliphatic rings. The van der Waals surface area contributed by atoms with Crippen LogP contribution in [0.25, 0.3) is 0 Å². The molecule has 0 aromatic heterocycles. The second-order valence-electron chi connectivity index (χ2n) is 3.89. The first-order valence-corrected chi connectivity index (χ1v) is 6.77. The average Bonchev–Trinajstić information content (AvgIpc) is 2.23. The molecule has 1 unspecified atom stereocenters. The fourth-order valence-electron chi connectivity index (χ4n) is 2.00. The van der Waals surface area contributed by atoms with Gasteiger partial charge >= 0.3 is 0 Å². The van der Waals surface area contributed by atoms with Crippen molar-refractivity contribution in [2.24, 2.45) is 0 Å². The Labute approximate surface area is 96.0 Å². The minimum atomic E-state index is 0.631. The highest BCUT2D eigenvalue weighted by atomic mass is 32.2. The summed E-state index contributed by atoms with van der Waals surface area (Å²) in [5, 5.41) is 0. The minimum absolute atomic E-state index is 0.631. The second kappa shape index (κ2) is 4.77. The number of allylic oxidation sites excluding steroid dienone is 1. The van der Waals surface area contributed by atoms with Crippen LogP contribution >= 0.6 is 24.4 Å². The van der Waals surface area contributed by atoms with Gasteiger partial charge < -0.3 is 0 Å². The van der Waals surface area contributed by atoms with Crippen molar-refractivity contribution in [2.75, 3.05) is 24.6 Å². The Morgan fingerprint density at radius 1 is 1.43 bits per heavy atom. The number of hydrogen-bond acceptors (Lipinski definition) is 3. The molecule has 1 heterocycles. The lowest BCUT2D eigenvalue weighted by molar-refractivity contribution is 0.252. The van der Waals surface area contributed by atoms with E-state index in [0.717, 1.165) is 11.3 Å². The minimum Gasteiger partial charge on any atom is -0.295 e. The van der Waals surface area contributed by atoms with Crippen LogP contribution in [0.3, 0.4) is 0 Å². The van der Waals surface area contributed by atoms with Crippen molar-refractivity contribution in [3.63, 3.8) is 0 Å². The van der Waals surface area contributed by atoms with Gasteiger partial charge in [-0.3, -0.25) is 4.90 Å². The first kappa shape index (κ1) is 10.7. The Hall–Kier alpha value is 0.140. The summed E-state index contributed by atoms with van der Waals surface area (Å²) in [6, 6.07) is 0.631. The van der Waals surface area contributed by atoms with Gasteiger partial charge in [-0.25, -0.2) is 0 Å². The number of hydrogen-bond donors (Lipinski definition) is 1. The third-order valence-electron chi connectivity index (χ3n) is 2.91. The van der Waals surface area contributed by atoms with Gasteiger partial charge in [-0.15, -0.1) is 12.6 Å². The van der Waals surface area contributed by atoms with Crippen LogP contribution in [0, 0.1) is 0 Å². The summed E-state index contributed by atoms with van der Waals surface area (Å²) in [6.07, 6.45) is 5.77. The molecule has 1 aliphatic heterocycles. The van der Waals surface area contributed by atoms with Crippen LogP contribution in [0.15, 0.2) is 22.6 Å². The lowest BCUT2D eigenvalue weighted by atomic mass is 10.0. The van der Waals surface area contributed by atoms with E-state index in [2.05, 4.69) is 48.4 Å². The molecule has 0 N–H and O–H groups in total. The van der Waals surface area contributed by atoms with Crippen LogP contribution in [0.2, 0.25) is 0 Å². The largest absolute Gasteiger partial charge is 0.295 e. The maximum Gasteiger partial charge on any atom is 0.0319 e. The zero-order chi connectivity index (χ0) is 9.97. The molecule has 0 aromatic rings. The summed E-state index contributed by atoms with van der Waals surface area (Å²) in [5.41, 5.74) is 1.34. The topological polar surface area (TPSA) is 3.24 Å². The second-order valence-corrected chi connectivity index (χ2v) is 5.60. The van der Waals surface area contributed by atoms with Crippen LogP contribution in [0.1, 0.15) is 13.3 Å². The maximum absolute atomic E-state index is 4.43. The third-order valence-corrected chi connectivity index (χ3v) is 4.39. The normalized spacial score (nSPS) is 29.7. The van der Waals surface area contributed by atoms with Crippen molar-refractivity contribution in [1.82, 2.24) is 4.90 Å². The van der Waals surface area contributed by atoms with Crippen molar-refractivity contribution in [2.45, 2.75) is 19.4 Å². The van der Waals surface area contributed by atoms with E-state index in [1.165, 1.54) is 30.2 Å². The van der Waals surface area contributed by atoms with E-state index in [-0.39, 0.29) is 0 Å². The molecule has 14 heavy (non-hydrogen) atoms. The molecule has 0 spiro atoms. The van der Waals surface area contributed by atoms with Crippen molar-refractivity contribution in [3.05, 3.63) is 22.6 Å². The number of thioether (sulfide) groups is 1. The summed E-state index contributed by atoms with van der Waals surface area (Å²) >= 11 is 6.50. The van der Waals surface area contributed by atoms with Gasteiger partial charge in [0, 0.05) is 35.5 Å². The zero-order valence-electron chi connectivity index (χ0n) is 8.57. The molecule has 0 amide bonds. The van der Waals surface area contributed by atoms with Crippen molar-refractivity contribution >= 4 is 24.4 Å². The molecule has 0 saturated carbocycles. The smallest absolute Gasteiger partial charge is 0.0319 e. The molecule has 1 nitrogen and oxygen atoms in total. The lowest BCUT2D eigenvalue weighted by Crippen LogP contribution is -2.40. The lowest BCUT2D eigenvalue weighted by Gasteiger charge is -2.34. The van der Waals surface area contributed by atoms with Gasteiger partial charge in [0.25, 0.3) is 0 Å². The molecule has 0 radical (unpaired) electrons. The van der Waals surface area contributed by atoms with E-state index in [4.69, 9.17) is 0 Å². The van der Waals surface area contributed by atoms with Crippen LogP contribution in [-0.2, 0) is 0 Å². The predicted octanol–water partition coefficient (Wildman–Crippen LogP) is 2.57.